The van der Waals surface area contributed by atoms with Gasteiger partial charge in [0.05, 0.1) is 6.42 Å². The molecule has 0 atom stereocenters. The highest BCUT2D eigenvalue weighted by Crippen LogP contribution is 1.86. The highest BCUT2D eigenvalue weighted by atomic mass is 16.6. The van der Waals surface area contributed by atoms with E-state index >= 15 is 0 Å². The van der Waals surface area contributed by atoms with Gasteiger partial charge in [-0.3, -0.25) is 9.59 Å². The van der Waals surface area contributed by atoms with Crippen LogP contribution in [0.1, 0.15) is 12.8 Å². The molecular weight excluding hydrogens is 124 g/mol. The van der Waals surface area contributed by atoms with Crippen molar-refractivity contribution in [1.82, 2.24) is 0 Å². The maximum Gasteiger partial charge on any atom is 0.425 e. The summed E-state index contributed by atoms with van der Waals surface area (Å²) in [5, 5.41) is 0. The summed E-state index contributed by atoms with van der Waals surface area (Å²) in [5.41, 5.74) is 0. The minimum atomic E-state index is -0.756. The summed E-state index contributed by atoms with van der Waals surface area (Å²) in [5.74, 6) is -0.756. The van der Waals surface area contributed by atoms with Gasteiger partial charge < -0.3 is 4.74 Å². The van der Waals surface area contributed by atoms with Gasteiger partial charge in [0.1, 0.15) is 0 Å². The molecule has 48 valence electrons. The van der Waals surface area contributed by atoms with E-state index in [1.165, 1.54) is 6.29 Å². The quantitative estimate of drug-likeness (QED) is 0.377. The van der Waals surface area contributed by atoms with Crippen molar-refractivity contribution in [3.05, 3.63) is 0 Å². The molecule has 9 heavy (non-hydrogen) atoms. The summed E-state index contributed by atoms with van der Waals surface area (Å²) in [6.07, 6.45) is 1.32. The van der Waals surface area contributed by atoms with E-state index in [2.05, 4.69) is 4.74 Å². The van der Waals surface area contributed by atoms with Gasteiger partial charge in [0.15, 0.2) is 6.29 Å². The second-order valence-electron chi connectivity index (χ2n) is 1.20. The van der Waals surface area contributed by atoms with Gasteiger partial charge in [-0.05, 0) is 0 Å². The van der Waals surface area contributed by atoms with E-state index in [0.29, 0.717) is 0 Å². The van der Waals surface area contributed by atoms with Crippen LogP contribution in [0.5, 0.6) is 0 Å². The topological polar surface area (TPSA) is 60.4 Å². The first kappa shape index (κ1) is 7.81. The molecule has 2 radical (unpaired) electrons. The molecule has 0 aliphatic rings. The minimum Gasteiger partial charge on any atom is -0.384 e. The van der Waals surface area contributed by atoms with Gasteiger partial charge in [0.25, 0.3) is 0 Å². The summed E-state index contributed by atoms with van der Waals surface area (Å²) < 4.78 is 3.72. The van der Waals surface area contributed by atoms with Gasteiger partial charge in [0.2, 0.25) is 0 Å². The standard InChI is InChI=1S/C5H4O4/c6-3-1-2-5(8)9-4-7/h1-2H2. The predicted molar refractivity (Wildman–Crippen MR) is 26.7 cm³/mol. The highest BCUT2D eigenvalue weighted by molar-refractivity contribution is 5.78. The fraction of sp³-hybridized carbons (Fsp3) is 0.400. The molecule has 0 saturated heterocycles. The first-order valence-corrected chi connectivity index (χ1v) is 2.23. The van der Waals surface area contributed by atoms with Crippen molar-refractivity contribution >= 4 is 18.7 Å². The molecule has 0 saturated carbocycles. The van der Waals surface area contributed by atoms with Gasteiger partial charge in [-0.25, -0.2) is 4.79 Å². The van der Waals surface area contributed by atoms with Crippen LogP contribution in [0.4, 0.5) is 0 Å². The average molecular weight is 128 g/mol. The molecule has 0 rings (SSSR count). The summed E-state index contributed by atoms with van der Waals surface area (Å²) in [6.45, 7) is 0.947. The maximum absolute atomic E-state index is 10.1. The van der Waals surface area contributed by atoms with E-state index in [1.54, 1.807) is 0 Å². The molecule has 0 fully saturated rings. The van der Waals surface area contributed by atoms with Crippen molar-refractivity contribution in [2.75, 3.05) is 0 Å². The number of esters is 1. The van der Waals surface area contributed by atoms with Crippen LogP contribution in [0.3, 0.4) is 0 Å². The summed E-state index contributed by atoms with van der Waals surface area (Å²) >= 11 is 0. The second kappa shape index (κ2) is 4.96. The van der Waals surface area contributed by atoms with Crippen molar-refractivity contribution in [3.63, 3.8) is 0 Å². The third-order valence-electron chi connectivity index (χ3n) is 0.587. The molecule has 0 aliphatic carbocycles. The molecule has 0 heterocycles. The number of carbonyl (C=O) groups is 1. The van der Waals surface area contributed by atoms with Crippen LogP contribution >= 0.6 is 0 Å². The maximum atomic E-state index is 10.1. The molecule has 0 aliphatic heterocycles. The molecule has 0 N–H and O–H groups in total. The second-order valence-corrected chi connectivity index (χ2v) is 1.20. The first-order valence-electron chi connectivity index (χ1n) is 2.23. The Hall–Kier alpha value is -1.19. The normalized spacial score (nSPS) is 8.00. The van der Waals surface area contributed by atoms with Crippen LogP contribution in [-0.4, -0.2) is 18.7 Å². The summed E-state index contributed by atoms with van der Waals surface area (Å²) in [7, 11) is 0. The minimum absolute atomic E-state index is 0.0412. The summed E-state index contributed by atoms with van der Waals surface area (Å²) in [4.78, 5) is 28.9. The van der Waals surface area contributed by atoms with Crippen LogP contribution in [0.2, 0.25) is 0 Å². The van der Waals surface area contributed by atoms with Crippen molar-refractivity contribution in [2.45, 2.75) is 12.8 Å². The smallest absolute Gasteiger partial charge is 0.384 e. The SMILES string of the molecule is O=[C]CCC(=O)O[C]=O. The lowest BCUT2D eigenvalue weighted by Gasteiger charge is -1.87. The number of ether oxygens (including phenoxy) is 1. The Balaban J connectivity index is 3.26. The molecule has 0 amide bonds. The number of hydrogen-bond acceptors (Lipinski definition) is 4. The molecule has 0 bridgehead atoms. The largest absolute Gasteiger partial charge is 0.425 e. The van der Waals surface area contributed by atoms with Gasteiger partial charge in [-0.15, -0.1) is 0 Å². The Morgan fingerprint density at radius 2 is 2.11 bits per heavy atom. The first-order chi connectivity index (χ1) is 4.31. The van der Waals surface area contributed by atoms with E-state index < -0.39 is 5.97 Å². The molecule has 0 aromatic carbocycles. The Morgan fingerprint density at radius 3 is 2.56 bits per heavy atom. The fourth-order valence-electron chi connectivity index (χ4n) is 0.251. The Kier molecular flexibility index (Phi) is 4.30. The molecular formula is C5H4O4. The lowest BCUT2D eigenvalue weighted by Crippen LogP contribution is -2.01. The third kappa shape index (κ3) is 4.67. The fourth-order valence-corrected chi connectivity index (χ4v) is 0.251. The van der Waals surface area contributed by atoms with Gasteiger partial charge in [-0.1, -0.05) is 0 Å². The van der Waals surface area contributed by atoms with E-state index in [9.17, 15) is 14.4 Å². The third-order valence-corrected chi connectivity index (χ3v) is 0.587. The van der Waals surface area contributed by atoms with Crippen molar-refractivity contribution in [2.24, 2.45) is 0 Å². The van der Waals surface area contributed by atoms with Crippen LogP contribution < -0.4 is 0 Å². The molecule has 4 heteroatoms. The highest BCUT2D eigenvalue weighted by Gasteiger charge is 2.00. The van der Waals surface area contributed by atoms with Crippen LogP contribution in [0.25, 0.3) is 0 Å². The molecule has 0 aromatic heterocycles. The van der Waals surface area contributed by atoms with Crippen LogP contribution in [0.15, 0.2) is 0 Å². The summed E-state index contributed by atoms with van der Waals surface area (Å²) in [6, 6.07) is 0. The van der Waals surface area contributed by atoms with E-state index in [4.69, 9.17) is 0 Å². The molecule has 0 unspecified atom stereocenters. The zero-order chi connectivity index (χ0) is 7.11. The van der Waals surface area contributed by atoms with Crippen molar-refractivity contribution in [3.8, 4) is 0 Å². The van der Waals surface area contributed by atoms with Crippen molar-refractivity contribution in [1.29, 1.82) is 0 Å². The monoisotopic (exact) mass is 128 g/mol. The van der Waals surface area contributed by atoms with Crippen LogP contribution in [0, 0.1) is 0 Å². The molecule has 0 aromatic rings. The van der Waals surface area contributed by atoms with Crippen molar-refractivity contribution < 1.29 is 19.1 Å². The Morgan fingerprint density at radius 1 is 1.44 bits per heavy atom. The van der Waals surface area contributed by atoms with Gasteiger partial charge >= 0.3 is 12.4 Å². The number of carbonyl (C=O) groups excluding carboxylic acids is 3. The van der Waals surface area contributed by atoms with Crippen LogP contribution in [-0.2, 0) is 19.1 Å². The predicted octanol–water partition coefficient (Wildman–Crippen LogP) is -0.513. The molecule has 0 spiro atoms. The average Bonchev–Trinajstić information content (AvgIpc) is 1.85. The lowest BCUT2D eigenvalue weighted by atomic mass is 10.3. The van der Waals surface area contributed by atoms with E-state index in [0.717, 1.165) is 6.47 Å². The number of rotatable bonds is 4. The van der Waals surface area contributed by atoms with E-state index in [-0.39, 0.29) is 12.8 Å². The zero-order valence-electron chi connectivity index (χ0n) is 4.55. The Bertz CT molecular complexity index is 118. The lowest BCUT2D eigenvalue weighted by molar-refractivity contribution is -0.135. The van der Waals surface area contributed by atoms with E-state index in [1.807, 2.05) is 0 Å². The van der Waals surface area contributed by atoms with Gasteiger partial charge in [-0.2, -0.15) is 0 Å². The zero-order valence-corrected chi connectivity index (χ0v) is 4.55. The number of hydrogen-bond donors (Lipinski definition) is 0. The Labute approximate surface area is 51.8 Å². The molecule has 4 nitrogen and oxygen atoms in total. The van der Waals surface area contributed by atoms with Gasteiger partial charge in [0, 0.05) is 6.42 Å².